The minimum atomic E-state index is -0.0598. The topological polar surface area (TPSA) is 66.0 Å². The van der Waals surface area contributed by atoms with Gasteiger partial charge in [0.15, 0.2) is 10.6 Å². The lowest BCUT2D eigenvalue weighted by atomic mass is 10.1. The summed E-state index contributed by atoms with van der Waals surface area (Å²) in [6, 6.07) is 14.5. The molecule has 2 N–H and O–H groups in total. The summed E-state index contributed by atoms with van der Waals surface area (Å²) >= 11 is 6.90. The molecule has 1 aliphatic heterocycles. The van der Waals surface area contributed by atoms with Gasteiger partial charge in [0.1, 0.15) is 6.54 Å². The van der Waals surface area contributed by atoms with Crippen LogP contribution >= 0.6 is 23.6 Å². The summed E-state index contributed by atoms with van der Waals surface area (Å²) < 4.78 is 2.21. The summed E-state index contributed by atoms with van der Waals surface area (Å²) in [5.41, 5.74) is 1.24. The number of H-pyrrole nitrogens is 1. The lowest BCUT2D eigenvalue weighted by Crippen LogP contribution is -2.38. The van der Waals surface area contributed by atoms with Crippen LogP contribution in [0.15, 0.2) is 47.8 Å². The number of hydrogen-bond acceptors (Lipinski definition) is 5. The molecule has 8 heteroatoms. The van der Waals surface area contributed by atoms with Crippen molar-refractivity contribution in [1.82, 2.24) is 25.0 Å². The second-order valence-electron chi connectivity index (χ2n) is 6.89. The monoisotopic (exact) mass is 413 g/mol. The van der Waals surface area contributed by atoms with Crippen LogP contribution in [0.3, 0.4) is 0 Å². The Balaban J connectivity index is 1.45. The molecule has 6 nitrogen and oxygen atoms in total. The van der Waals surface area contributed by atoms with E-state index in [2.05, 4.69) is 44.7 Å². The second kappa shape index (κ2) is 8.81. The molecule has 0 radical (unpaired) electrons. The minimum absolute atomic E-state index is 0.0598. The van der Waals surface area contributed by atoms with Crippen molar-refractivity contribution in [2.75, 3.05) is 19.6 Å². The predicted octanol–water partition coefficient (Wildman–Crippen LogP) is 3.62. The molecule has 2 aromatic heterocycles. The summed E-state index contributed by atoms with van der Waals surface area (Å²) in [7, 11) is 0. The Hall–Kier alpha value is -2.29. The highest BCUT2D eigenvalue weighted by atomic mass is 32.1. The largest absolute Gasteiger partial charge is 0.353 e. The van der Waals surface area contributed by atoms with E-state index in [1.807, 2.05) is 23.6 Å². The fourth-order valence-corrected chi connectivity index (χ4v) is 4.57. The molecular formula is C20H23N5OS2. The van der Waals surface area contributed by atoms with Crippen molar-refractivity contribution in [3.8, 4) is 10.7 Å². The van der Waals surface area contributed by atoms with E-state index in [1.165, 1.54) is 18.4 Å². The molecule has 1 atom stereocenters. The van der Waals surface area contributed by atoms with E-state index < -0.39 is 0 Å². The first-order valence-corrected chi connectivity index (χ1v) is 10.8. The summed E-state index contributed by atoms with van der Waals surface area (Å²) in [6.45, 7) is 2.89. The van der Waals surface area contributed by atoms with E-state index in [4.69, 9.17) is 12.2 Å². The first-order valence-electron chi connectivity index (χ1n) is 9.47. The zero-order chi connectivity index (χ0) is 19.3. The van der Waals surface area contributed by atoms with Gasteiger partial charge in [0.2, 0.25) is 5.91 Å². The van der Waals surface area contributed by atoms with Crippen LogP contribution in [0.1, 0.15) is 24.4 Å². The Kier molecular flexibility index (Phi) is 5.99. The SMILES string of the molecule is O=C(Cn1c(-c2cccs2)n[nH]c1=S)NCC(c1ccccc1)N1CCCC1. The van der Waals surface area contributed by atoms with Crippen LogP contribution in [-0.4, -0.2) is 45.2 Å². The molecule has 28 heavy (non-hydrogen) atoms. The molecule has 4 rings (SSSR count). The third kappa shape index (κ3) is 4.24. The third-order valence-electron chi connectivity index (χ3n) is 5.06. The number of thiophene rings is 1. The van der Waals surface area contributed by atoms with Gasteiger partial charge in [0.25, 0.3) is 0 Å². The van der Waals surface area contributed by atoms with Gasteiger partial charge in [-0.25, -0.2) is 0 Å². The summed E-state index contributed by atoms with van der Waals surface area (Å²) in [5, 5.41) is 12.2. The van der Waals surface area contributed by atoms with Gasteiger partial charge in [0.05, 0.1) is 10.9 Å². The molecule has 0 spiro atoms. The second-order valence-corrected chi connectivity index (χ2v) is 8.22. The van der Waals surface area contributed by atoms with Gasteiger partial charge in [0, 0.05) is 6.54 Å². The average Bonchev–Trinajstić information content (AvgIpc) is 3.47. The van der Waals surface area contributed by atoms with E-state index in [9.17, 15) is 4.79 Å². The number of carbonyl (C=O) groups is 1. The van der Waals surface area contributed by atoms with Gasteiger partial charge < -0.3 is 5.32 Å². The summed E-state index contributed by atoms with van der Waals surface area (Å²) in [5.74, 6) is 0.643. The zero-order valence-electron chi connectivity index (χ0n) is 15.5. The summed E-state index contributed by atoms with van der Waals surface area (Å²) in [6.07, 6.45) is 2.43. The fraction of sp³-hybridized carbons (Fsp3) is 0.350. The molecule has 3 heterocycles. The molecule has 3 aromatic rings. The Morgan fingerprint density at radius 3 is 2.71 bits per heavy atom. The van der Waals surface area contributed by atoms with E-state index in [1.54, 1.807) is 15.9 Å². The number of benzene rings is 1. The lowest BCUT2D eigenvalue weighted by molar-refractivity contribution is -0.121. The van der Waals surface area contributed by atoms with Gasteiger partial charge in [-0.05, 0) is 55.2 Å². The Bertz CT molecular complexity index is 958. The number of hydrogen-bond donors (Lipinski definition) is 2. The van der Waals surface area contributed by atoms with Gasteiger partial charge in [-0.15, -0.1) is 11.3 Å². The van der Waals surface area contributed by atoms with Crippen molar-refractivity contribution in [2.45, 2.75) is 25.4 Å². The van der Waals surface area contributed by atoms with Crippen molar-refractivity contribution >= 4 is 29.5 Å². The Labute approximate surface area is 173 Å². The van der Waals surface area contributed by atoms with Crippen LogP contribution < -0.4 is 5.32 Å². The van der Waals surface area contributed by atoms with Crippen LogP contribution in [-0.2, 0) is 11.3 Å². The molecular weight excluding hydrogens is 390 g/mol. The van der Waals surface area contributed by atoms with E-state index in [0.29, 0.717) is 17.1 Å². The first-order chi connectivity index (χ1) is 13.7. The van der Waals surface area contributed by atoms with Crippen molar-refractivity contribution < 1.29 is 4.79 Å². The Morgan fingerprint density at radius 2 is 2.00 bits per heavy atom. The highest BCUT2D eigenvalue weighted by Gasteiger charge is 2.24. The standard InChI is InChI=1S/C20H23N5OS2/c26-18(14-25-19(22-23-20(25)27)17-9-6-12-28-17)21-13-16(24-10-4-5-11-24)15-7-2-1-3-8-15/h1-3,6-9,12,16H,4-5,10-11,13-14H2,(H,21,26)(H,23,27). The van der Waals surface area contributed by atoms with E-state index >= 15 is 0 Å². The average molecular weight is 414 g/mol. The molecule has 1 fully saturated rings. The number of likely N-dealkylation sites (tertiary alicyclic amines) is 1. The molecule has 1 saturated heterocycles. The number of aromatic nitrogens is 3. The maximum Gasteiger partial charge on any atom is 0.240 e. The maximum atomic E-state index is 12.7. The van der Waals surface area contributed by atoms with Crippen LogP contribution in [0.5, 0.6) is 0 Å². The van der Waals surface area contributed by atoms with Crippen molar-refractivity contribution in [3.63, 3.8) is 0 Å². The fourth-order valence-electron chi connectivity index (χ4n) is 3.65. The van der Waals surface area contributed by atoms with E-state index in [0.717, 1.165) is 18.0 Å². The van der Waals surface area contributed by atoms with Crippen LogP contribution in [0.25, 0.3) is 10.7 Å². The number of amides is 1. The number of nitrogens with one attached hydrogen (secondary N) is 2. The lowest BCUT2D eigenvalue weighted by Gasteiger charge is -2.28. The highest BCUT2D eigenvalue weighted by molar-refractivity contribution is 7.71. The molecule has 1 aromatic carbocycles. The molecule has 0 saturated carbocycles. The predicted molar refractivity (Wildman–Crippen MR) is 114 cm³/mol. The number of nitrogens with zero attached hydrogens (tertiary/aromatic N) is 3. The molecule has 0 aliphatic carbocycles. The van der Waals surface area contributed by atoms with Gasteiger partial charge in [-0.2, -0.15) is 5.10 Å². The van der Waals surface area contributed by atoms with Crippen molar-refractivity contribution in [2.24, 2.45) is 0 Å². The summed E-state index contributed by atoms with van der Waals surface area (Å²) in [4.78, 5) is 16.1. The molecule has 1 unspecified atom stereocenters. The smallest absolute Gasteiger partial charge is 0.240 e. The molecule has 146 valence electrons. The van der Waals surface area contributed by atoms with Crippen LogP contribution in [0.4, 0.5) is 0 Å². The maximum absolute atomic E-state index is 12.7. The number of rotatable bonds is 7. The molecule has 0 bridgehead atoms. The van der Waals surface area contributed by atoms with Gasteiger partial charge in [-0.3, -0.25) is 19.4 Å². The van der Waals surface area contributed by atoms with Crippen molar-refractivity contribution in [3.05, 3.63) is 58.2 Å². The zero-order valence-corrected chi connectivity index (χ0v) is 17.1. The molecule has 1 amide bonds. The van der Waals surface area contributed by atoms with Crippen LogP contribution in [0, 0.1) is 4.77 Å². The van der Waals surface area contributed by atoms with E-state index in [-0.39, 0.29) is 18.5 Å². The van der Waals surface area contributed by atoms with Crippen LogP contribution in [0.2, 0.25) is 0 Å². The minimum Gasteiger partial charge on any atom is -0.353 e. The Morgan fingerprint density at radius 1 is 1.21 bits per heavy atom. The molecule has 1 aliphatic rings. The van der Waals surface area contributed by atoms with Crippen molar-refractivity contribution in [1.29, 1.82) is 0 Å². The quantitative estimate of drug-likeness (QED) is 0.581. The normalized spacial score (nSPS) is 15.6. The third-order valence-corrected chi connectivity index (χ3v) is 6.24. The van der Waals surface area contributed by atoms with Gasteiger partial charge in [-0.1, -0.05) is 36.4 Å². The number of carbonyl (C=O) groups excluding carboxylic acids is 1. The van der Waals surface area contributed by atoms with Gasteiger partial charge >= 0.3 is 0 Å². The highest BCUT2D eigenvalue weighted by Crippen LogP contribution is 2.25. The first kappa shape index (κ1) is 19.0. The number of aromatic amines is 1.